The molecule has 8 rings (SSSR count). The summed E-state index contributed by atoms with van der Waals surface area (Å²) in [5.74, 6) is 0.562. The Morgan fingerprint density at radius 3 is 1.80 bits per heavy atom. The predicted molar refractivity (Wildman–Crippen MR) is 178 cm³/mol. The van der Waals surface area contributed by atoms with Crippen molar-refractivity contribution >= 4 is 21.7 Å². The monoisotopic (exact) mass is 563 g/mol. The van der Waals surface area contributed by atoms with Crippen LogP contribution >= 0.6 is 0 Å². The molecular formula is C39H25N5. The van der Waals surface area contributed by atoms with E-state index in [9.17, 15) is 0 Å². The van der Waals surface area contributed by atoms with Gasteiger partial charge in [-0.1, -0.05) is 97.1 Å². The van der Waals surface area contributed by atoms with Crippen molar-refractivity contribution in [3.05, 3.63) is 152 Å². The number of nitrogens with zero attached hydrogens (tertiary/aromatic N) is 5. The second-order valence-electron chi connectivity index (χ2n) is 10.6. The number of fused-ring (bicyclic) bond motifs is 3. The lowest BCUT2D eigenvalue weighted by Gasteiger charge is -2.14. The van der Waals surface area contributed by atoms with E-state index < -0.39 is 0 Å². The summed E-state index contributed by atoms with van der Waals surface area (Å²) in [5, 5.41) is 3.52. The van der Waals surface area contributed by atoms with Crippen LogP contribution in [0.2, 0.25) is 0 Å². The zero-order valence-corrected chi connectivity index (χ0v) is 23.7. The van der Waals surface area contributed by atoms with E-state index in [4.69, 9.17) is 15.0 Å². The third kappa shape index (κ3) is 4.76. The highest BCUT2D eigenvalue weighted by Crippen LogP contribution is 2.37. The first-order valence-corrected chi connectivity index (χ1v) is 14.5. The summed E-state index contributed by atoms with van der Waals surface area (Å²) in [4.78, 5) is 23.9. The summed E-state index contributed by atoms with van der Waals surface area (Å²) in [5.41, 5.74) is 9.30. The molecule has 206 valence electrons. The van der Waals surface area contributed by atoms with Gasteiger partial charge in [0.25, 0.3) is 0 Å². The molecule has 0 amide bonds. The van der Waals surface area contributed by atoms with Crippen molar-refractivity contribution in [2.75, 3.05) is 0 Å². The molecule has 4 heterocycles. The molecule has 0 aliphatic carbocycles. The van der Waals surface area contributed by atoms with Crippen molar-refractivity contribution in [1.29, 1.82) is 0 Å². The molecule has 4 aromatic carbocycles. The molecule has 4 aromatic heterocycles. The van der Waals surface area contributed by atoms with Gasteiger partial charge in [-0.3, -0.25) is 9.97 Å². The Balaban J connectivity index is 1.29. The number of hydrogen-bond acceptors (Lipinski definition) is 5. The number of aromatic nitrogens is 5. The van der Waals surface area contributed by atoms with Gasteiger partial charge in [-0.25, -0.2) is 15.0 Å². The maximum absolute atomic E-state index is 5.10. The van der Waals surface area contributed by atoms with Crippen LogP contribution in [-0.2, 0) is 0 Å². The summed E-state index contributed by atoms with van der Waals surface area (Å²) in [6, 6.07) is 47.5. The Morgan fingerprint density at radius 2 is 1.02 bits per heavy atom. The molecule has 5 nitrogen and oxygen atoms in total. The van der Waals surface area contributed by atoms with Crippen molar-refractivity contribution in [3.63, 3.8) is 0 Å². The van der Waals surface area contributed by atoms with Crippen molar-refractivity contribution < 1.29 is 0 Å². The van der Waals surface area contributed by atoms with Crippen LogP contribution < -0.4 is 0 Å². The molecule has 8 aromatic rings. The lowest BCUT2D eigenvalue weighted by Crippen LogP contribution is -1.98. The SMILES string of the molecule is c1ccc(-c2cc(-c3ccc(-c4cc(-c5ccccn5)nc(-c5ccccn5)n4)cc3)c3c(ccc4ccccc43)n2)cc1. The van der Waals surface area contributed by atoms with Crippen molar-refractivity contribution in [1.82, 2.24) is 24.9 Å². The van der Waals surface area contributed by atoms with E-state index in [1.807, 2.05) is 48.5 Å². The fourth-order valence-electron chi connectivity index (χ4n) is 5.66. The summed E-state index contributed by atoms with van der Waals surface area (Å²) < 4.78 is 0. The highest BCUT2D eigenvalue weighted by atomic mass is 14.9. The molecule has 0 fully saturated rings. The first-order valence-electron chi connectivity index (χ1n) is 14.5. The third-order valence-corrected chi connectivity index (χ3v) is 7.81. The topological polar surface area (TPSA) is 64.5 Å². The Labute approximate surface area is 254 Å². The molecule has 0 saturated carbocycles. The van der Waals surface area contributed by atoms with Gasteiger partial charge in [-0.2, -0.15) is 0 Å². The van der Waals surface area contributed by atoms with Crippen molar-refractivity contribution in [3.8, 4) is 56.5 Å². The highest BCUT2D eigenvalue weighted by Gasteiger charge is 2.15. The van der Waals surface area contributed by atoms with Gasteiger partial charge >= 0.3 is 0 Å². The molecule has 0 aliphatic rings. The maximum Gasteiger partial charge on any atom is 0.179 e. The largest absolute Gasteiger partial charge is 0.255 e. The van der Waals surface area contributed by atoms with E-state index in [0.717, 1.165) is 55.9 Å². The summed E-state index contributed by atoms with van der Waals surface area (Å²) in [6.07, 6.45) is 3.53. The average Bonchev–Trinajstić information content (AvgIpc) is 3.12. The van der Waals surface area contributed by atoms with Gasteiger partial charge in [0.1, 0.15) is 5.69 Å². The van der Waals surface area contributed by atoms with Crippen LogP contribution in [-0.4, -0.2) is 24.9 Å². The van der Waals surface area contributed by atoms with Crippen LogP contribution in [0.5, 0.6) is 0 Å². The minimum absolute atomic E-state index is 0.562. The number of hydrogen-bond donors (Lipinski definition) is 0. The molecule has 0 saturated heterocycles. The van der Waals surface area contributed by atoms with Crippen LogP contribution in [0, 0.1) is 0 Å². The van der Waals surface area contributed by atoms with Crippen LogP contribution in [0.4, 0.5) is 0 Å². The van der Waals surface area contributed by atoms with Crippen molar-refractivity contribution in [2.24, 2.45) is 0 Å². The van der Waals surface area contributed by atoms with Gasteiger partial charge in [-0.05, 0) is 64.4 Å². The zero-order valence-electron chi connectivity index (χ0n) is 23.7. The Morgan fingerprint density at radius 1 is 0.386 bits per heavy atom. The molecule has 44 heavy (non-hydrogen) atoms. The molecule has 0 bridgehead atoms. The third-order valence-electron chi connectivity index (χ3n) is 7.81. The molecule has 0 unspecified atom stereocenters. The number of benzene rings is 4. The van der Waals surface area contributed by atoms with E-state index >= 15 is 0 Å². The molecule has 0 radical (unpaired) electrons. The second-order valence-corrected chi connectivity index (χ2v) is 10.6. The lowest BCUT2D eigenvalue weighted by atomic mass is 9.94. The van der Waals surface area contributed by atoms with Crippen LogP contribution in [0.25, 0.3) is 78.2 Å². The normalized spacial score (nSPS) is 11.2. The molecule has 0 aliphatic heterocycles. The quantitative estimate of drug-likeness (QED) is 0.195. The summed E-state index contributed by atoms with van der Waals surface area (Å²) in [7, 11) is 0. The predicted octanol–water partition coefficient (Wildman–Crippen LogP) is 9.30. The summed E-state index contributed by atoms with van der Waals surface area (Å²) >= 11 is 0. The van der Waals surface area contributed by atoms with E-state index in [2.05, 4.69) is 101 Å². The van der Waals surface area contributed by atoms with E-state index in [1.54, 1.807) is 12.4 Å². The van der Waals surface area contributed by atoms with E-state index in [-0.39, 0.29) is 0 Å². The Kier molecular flexibility index (Phi) is 6.39. The molecule has 5 heteroatoms. The first kappa shape index (κ1) is 25.6. The van der Waals surface area contributed by atoms with Crippen LogP contribution in [0.3, 0.4) is 0 Å². The van der Waals surface area contributed by atoms with Gasteiger partial charge < -0.3 is 0 Å². The van der Waals surface area contributed by atoms with Gasteiger partial charge in [0, 0.05) is 28.9 Å². The average molecular weight is 564 g/mol. The minimum Gasteiger partial charge on any atom is -0.255 e. The lowest BCUT2D eigenvalue weighted by molar-refractivity contribution is 1.13. The first-order chi connectivity index (χ1) is 21.8. The standard InChI is InChI=1S/C39H25N5/c1-2-11-28(12-3-1)35-24-31(38-30-13-5-4-10-26(30)20-21-33(38)42-35)27-16-18-29(19-17-27)36-25-37(32-14-6-8-22-40-32)44-39(43-36)34-15-7-9-23-41-34/h1-25H. The minimum atomic E-state index is 0.562. The Hall–Kier alpha value is -6.07. The molecular weight excluding hydrogens is 538 g/mol. The zero-order chi connectivity index (χ0) is 29.3. The van der Waals surface area contributed by atoms with Gasteiger partial charge in [-0.15, -0.1) is 0 Å². The van der Waals surface area contributed by atoms with Gasteiger partial charge in [0.2, 0.25) is 0 Å². The fourth-order valence-corrected chi connectivity index (χ4v) is 5.66. The maximum atomic E-state index is 5.10. The van der Waals surface area contributed by atoms with E-state index in [1.165, 1.54) is 10.8 Å². The van der Waals surface area contributed by atoms with Gasteiger partial charge in [0.15, 0.2) is 5.82 Å². The van der Waals surface area contributed by atoms with Gasteiger partial charge in [0.05, 0.1) is 28.3 Å². The molecule has 0 atom stereocenters. The fraction of sp³-hybridized carbons (Fsp3) is 0. The second kappa shape index (κ2) is 11.0. The Bertz CT molecular complexity index is 2190. The molecule has 0 N–H and O–H groups in total. The number of pyridine rings is 3. The highest BCUT2D eigenvalue weighted by molar-refractivity contribution is 6.13. The summed E-state index contributed by atoms with van der Waals surface area (Å²) in [6.45, 7) is 0. The smallest absolute Gasteiger partial charge is 0.179 e. The van der Waals surface area contributed by atoms with Crippen LogP contribution in [0.15, 0.2) is 152 Å². The molecule has 0 spiro atoms. The van der Waals surface area contributed by atoms with E-state index in [0.29, 0.717) is 11.5 Å². The van der Waals surface area contributed by atoms with Crippen LogP contribution in [0.1, 0.15) is 0 Å². The van der Waals surface area contributed by atoms with Crippen molar-refractivity contribution in [2.45, 2.75) is 0 Å². The number of rotatable bonds is 5.